The highest BCUT2D eigenvalue weighted by Crippen LogP contribution is 2.30. The van der Waals surface area contributed by atoms with Gasteiger partial charge in [-0.1, -0.05) is 35.6 Å². The van der Waals surface area contributed by atoms with Gasteiger partial charge in [-0.3, -0.25) is 14.6 Å². The molecule has 1 aromatic heterocycles. The van der Waals surface area contributed by atoms with E-state index in [9.17, 15) is 9.18 Å². The number of thiazole rings is 1. The molecule has 30 heavy (non-hydrogen) atoms. The summed E-state index contributed by atoms with van der Waals surface area (Å²) in [4.78, 5) is 21.4. The second-order valence-corrected chi connectivity index (χ2v) is 8.05. The van der Waals surface area contributed by atoms with Crippen molar-refractivity contribution in [3.05, 3.63) is 54.3 Å². The Morgan fingerprint density at radius 2 is 1.97 bits per heavy atom. The largest absolute Gasteiger partial charge is 0.484 e. The number of aromatic nitrogens is 1. The molecular weight excluding hydrogens is 405 g/mol. The summed E-state index contributed by atoms with van der Waals surface area (Å²) in [7, 11) is 0. The molecule has 0 spiro atoms. The van der Waals surface area contributed by atoms with Crippen molar-refractivity contribution in [3.8, 4) is 5.75 Å². The van der Waals surface area contributed by atoms with Crippen LogP contribution in [0.4, 0.5) is 9.52 Å². The summed E-state index contributed by atoms with van der Waals surface area (Å²) < 4.78 is 25.9. The quantitative estimate of drug-likeness (QED) is 0.548. The minimum Gasteiger partial charge on any atom is -0.484 e. The van der Waals surface area contributed by atoms with Crippen molar-refractivity contribution >= 4 is 32.6 Å². The zero-order chi connectivity index (χ0) is 20.8. The normalized spacial score (nSPS) is 14.7. The van der Waals surface area contributed by atoms with Gasteiger partial charge in [-0.05, 0) is 30.7 Å². The predicted octanol–water partition coefficient (Wildman–Crippen LogP) is 3.57. The SMILES string of the molecule is O=C(COc1ccccc1)N(CCCN1CCOCC1)c1nc2c(F)cccc2s1. The average Bonchev–Trinajstić information content (AvgIpc) is 3.22. The van der Waals surface area contributed by atoms with Crippen LogP contribution < -0.4 is 9.64 Å². The Morgan fingerprint density at radius 3 is 2.73 bits per heavy atom. The molecule has 1 amide bonds. The van der Waals surface area contributed by atoms with Crippen LogP contribution in [0.1, 0.15) is 6.42 Å². The molecule has 6 nitrogen and oxygen atoms in total. The lowest BCUT2D eigenvalue weighted by Crippen LogP contribution is -2.40. The highest BCUT2D eigenvalue weighted by Gasteiger charge is 2.22. The van der Waals surface area contributed by atoms with Crippen molar-refractivity contribution in [2.75, 3.05) is 50.9 Å². The summed E-state index contributed by atoms with van der Waals surface area (Å²) in [5.41, 5.74) is 0.299. The van der Waals surface area contributed by atoms with E-state index in [1.165, 1.54) is 17.4 Å². The van der Waals surface area contributed by atoms with Gasteiger partial charge in [0.05, 0.1) is 17.9 Å². The molecule has 4 rings (SSSR count). The van der Waals surface area contributed by atoms with Crippen LogP contribution >= 0.6 is 11.3 Å². The molecule has 0 aliphatic carbocycles. The Kier molecular flexibility index (Phi) is 6.88. The number of nitrogens with zero attached hydrogens (tertiary/aromatic N) is 3. The highest BCUT2D eigenvalue weighted by molar-refractivity contribution is 7.22. The number of ether oxygens (including phenoxy) is 2. The van der Waals surface area contributed by atoms with Crippen LogP contribution in [0.25, 0.3) is 10.2 Å². The third-order valence-electron chi connectivity index (χ3n) is 4.96. The third-order valence-corrected chi connectivity index (χ3v) is 6.00. The first-order chi connectivity index (χ1) is 14.7. The van der Waals surface area contributed by atoms with Gasteiger partial charge in [-0.15, -0.1) is 0 Å². The average molecular weight is 430 g/mol. The summed E-state index contributed by atoms with van der Waals surface area (Å²) in [6.07, 6.45) is 0.787. The Labute approximate surface area is 178 Å². The molecule has 1 aliphatic heterocycles. The predicted molar refractivity (Wildman–Crippen MR) is 116 cm³/mol. The van der Waals surface area contributed by atoms with Crippen molar-refractivity contribution in [1.82, 2.24) is 9.88 Å². The Balaban J connectivity index is 1.47. The van der Waals surface area contributed by atoms with E-state index in [2.05, 4.69) is 9.88 Å². The van der Waals surface area contributed by atoms with E-state index in [0.29, 0.717) is 22.9 Å². The van der Waals surface area contributed by atoms with Crippen LogP contribution in [0.3, 0.4) is 0 Å². The lowest BCUT2D eigenvalue weighted by atomic mass is 10.3. The lowest BCUT2D eigenvalue weighted by Gasteiger charge is -2.27. The van der Waals surface area contributed by atoms with E-state index >= 15 is 0 Å². The summed E-state index contributed by atoms with van der Waals surface area (Å²) >= 11 is 1.32. The zero-order valence-corrected chi connectivity index (χ0v) is 17.4. The van der Waals surface area contributed by atoms with Crippen molar-refractivity contribution in [3.63, 3.8) is 0 Å². The monoisotopic (exact) mass is 429 g/mol. The van der Waals surface area contributed by atoms with Crippen LogP contribution in [0.2, 0.25) is 0 Å². The van der Waals surface area contributed by atoms with Gasteiger partial charge < -0.3 is 9.47 Å². The smallest absolute Gasteiger partial charge is 0.266 e. The Hall–Kier alpha value is -2.55. The van der Waals surface area contributed by atoms with Gasteiger partial charge in [-0.2, -0.15) is 0 Å². The molecule has 0 atom stereocenters. The van der Waals surface area contributed by atoms with E-state index in [4.69, 9.17) is 9.47 Å². The lowest BCUT2D eigenvalue weighted by molar-refractivity contribution is -0.120. The minimum absolute atomic E-state index is 0.0972. The number of anilines is 1. The molecule has 0 radical (unpaired) electrons. The molecule has 3 aromatic rings. The van der Waals surface area contributed by atoms with E-state index in [0.717, 1.165) is 44.0 Å². The maximum absolute atomic E-state index is 14.1. The molecular formula is C22H24FN3O3S. The van der Waals surface area contributed by atoms with Crippen molar-refractivity contribution < 1.29 is 18.7 Å². The van der Waals surface area contributed by atoms with Gasteiger partial charge in [0.25, 0.3) is 5.91 Å². The van der Waals surface area contributed by atoms with Gasteiger partial charge in [0.1, 0.15) is 17.1 Å². The van der Waals surface area contributed by atoms with Crippen molar-refractivity contribution in [1.29, 1.82) is 0 Å². The Morgan fingerprint density at radius 1 is 1.17 bits per heavy atom. The number of carbonyl (C=O) groups excluding carboxylic acids is 1. The molecule has 8 heteroatoms. The minimum atomic E-state index is -0.378. The van der Waals surface area contributed by atoms with Crippen molar-refractivity contribution in [2.45, 2.75) is 6.42 Å². The number of para-hydroxylation sites is 2. The van der Waals surface area contributed by atoms with Crippen molar-refractivity contribution in [2.24, 2.45) is 0 Å². The van der Waals surface area contributed by atoms with Gasteiger partial charge in [0.2, 0.25) is 0 Å². The molecule has 0 saturated carbocycles. The van der Waals surface area contributed by atoms with E-state index < -0.39 is 0 Å². The van der Waals surface area contributed by atoms with Crippen LogP contribution in [-0.4, -0.2) is 61.8 Å². The fourth-order valence-electron chi connectivity index (χ4n) is 3.36. The summed E-state index contributed by atoms with van der Waals surface area (Å²) in [6.45, 7) is 4.55. The zero-order valence-electron chi connectivity index (χ0n) is 16.6. The first-order valence-corrected chi connectivity index (χ1v) is 10.9. The van der Waals surface area contributed by atoms with Crippen LogP contribution in [0, 0.1) is 5.82 Å². The van der Waals surface area contributed by atoms with E-state index in [1.807, 2.05) is 36.4 Å². The Bertz CT molecular complexity index is 976. The maximum atomic E-state index is 14.1. The number of rotatable bonds is 8. The number of benzene rings is 2. The summed E-state index contributed by atoms with van der Waals surface area (Å²) in [5, 5.41) is 0.499. The molecule has 1 aliphatic rings. The summed E-state index contributed by atoms with van der Waals surface area (Å²) in [6, 6.07) is 14.1. The maximum Gasteiger partial charge on any atom is 0.266 e. The number of hydrogen-bond donors (Lipinski definition) is 0. The standard InChI is InChI=1S/C22H24FN3O3S/c23-18-8-4-9-19-21(18)24-22(30-19)26(11-5-10-25-12-14-28-15-13-25)20(27)16-29-17-6-2-1-3-7-17/h1-4,6-9H,5,10-16H2. The summed E-state index contributed by atoms with van der Waals surface area (Å²) in [5.74, 6) is 0.0611. The molecule has 2 aromatic carbocycles. The molecule has 158 valence electrons. The number of carbonyl (C=O) groups is 1. The number of fused-ring (bicyclic) bond motifs is 1. The highest BCUT2D eigenvalue weighted by atomic mass is 32.1. The fraction of sp³-hybridized carbons (Fsp3) is 0.364. The molecule has 1 saturated heterocycles. The van der Waals surface area contributed by atoms with E-state index in [1.54, 1.807) is 11.0 Å². The number of hydrogen-bond acceptors (Lipinski definition) is 6. The van der Waals surface area contributed by atoms with Gasteiger partial charge in [-0.25, -0.2) is 9.37 Å². The second-order valence-electron chi connectivity index (χ2n) is 7.04. The van der Waals surface area contributed by atoms with Gasteiger partial charge in [0, 0.05) is 26.2 Å². The molecule has 2 heterocycles. The topological polar surface area (TPSA) is 54.9 Å². The first kappa shape index (κ1) is 20.7. The number of amides is 1. The number of morpholine rings is 1. The van der Waals surface area contributed by atoms with Crippen LogP contribution in [-0.2, 0) is 9.53 Å². The van der Waals surface area contributed by atoms with Crippen LogP contribution in [0.15, 0.2) is 48.5 Å². The van der Waals surface area contributed by atoms with Gasteiger partial charge >= 0.3 is 0 Å². The van der Waals surface area contributed by atoms with Gasteiger partial charge in [0.15, 0.2) is 11.7 Å². The van der Waals surface area contributed by atoms with Crippen LogP contribution in [0.5, 0.6) is 5.75 Å². The van der Waals surface area contributed by atoms with E-state index in [-0.39, 0.29) is 18.3 Å². The number of halogens is 1. The fourth-order valence-corrected chi connectivity index (χ4v) is 4.39. The second kappa shape index (κ2) is 9.97. The third kappa shape index (κ3) is 5.13. The molecule has 0 unspecified atom stereocenters. The first-order valence-electron chi connectivity index (χ1n) is 10.0. The molecule has 0 bridgehead atoms. The molecule has 0 N–H and O–H groups in total. The molecule has 1 fully saturated rings.